The van der Waals surface area contributed by atoms with Gasteiger partial charge in [0.05, 0.1) is 10.6 Å². The van der Waals surface area contributed by atoms with Crippen LogP contribution < -0.4 is 0 Å². The highest BCUT2D eigenvalue weighted by Gasteiger charge is 2.23. The van der Waals surface area contributed by atoms with Crippen LogP contribution in [0.5, 0.6) is 0 Å². The summed E-state index contributed by atoms with van der Waals surface area (Å²) in [7, 11) is -3.30. The number of imidazole rings is 1. The van der Waals surface area contributed by atoms with Crippen LogP contribution in [0.25, 0.3) is 16.8 Å². The van der Waals surface area contributed by atoms with Gasteiger partial charge in [-0.15, -0.1) is 0 Å². The van der Waals surface area contributed by atoms with E-state index in [2.05, 4.69) is 4.98 Å². The van der Waals surface area contributed by atoms with E-state index in [-0.39, 0.29) is 11.3 Å². The van der Waals surface area contributed by atoms with E-state index in [1.807, 2.05) is 18.2 Å². The lowest BCUT2D eigenvalue weighted by Crippen LogP contribution is -2.16. The van der Waals surface area contributed by atoms with Gasteiger partial charge in [0.2, 0.25) is 0 Å². The van der Waals surface area contributed by atoms with Crippen LogP contribution in [0.3, 0.4) is 0 Å². The van der Waals surface area contributed by atoms with Gasteiger partial charge in [-0.3, -0.25) is 4.79 Å². The third kappa shape index (κ3) is 4.72. The molecule has 3 rings (SSSR count). The number of aliphatic hydroxyl groups is 1. The summed E-state index contributed by atoms with van der Waals surface area (Å²) in [6.07, 6.45) is 2.50. The molecule has 0 aliphatic rings. The number of aliphatic carboxylic acids is 1. The summed E-state index contributed by atoms with van der Waals surface area (Å²) in [5, 5.41) is 19.4. The lowest BCUT2D eigenvalue weighted by atomic mass is 10.1. The summed E-state index contributed by atoms with van der Waals surface area (Å²) in [5.74, 6) is -0.713. The van der Waals surface area contributed by atoms with E-state index in [1.165, 1.54) is 6.26 Å². The lowest BCUT2D eigenvalue weighted by Gasteiger charge is -2.13. The van der Waals surface area contributed by atoms with Crippen LogP contribution in [0, 0.1) is 0 Å². The number of hydrogen-bond donors (Lipinski definition) is 2. The van der Waals surface area contributed by atoms with E-state index in [4.69, 9.17) is 5.11 Å². The number of carboxylic acids is 1. The van der Waals surface area contributed by atoms with Crippen molar-refractivity contribution in [3.8, 4) is 16.8 Å². The Balaban J connectivity index is 2.01. The second kappa shape index (κ2) is 7.46. The second-order valence-electron chi connectivity index (χ2n) is 7.39. The quantitative estimate of drug-likeness (QED) is 0.642. The molecule has 152 valence electrons. The predicted octanol–water partition coefficient (Wildman–Crippen LogP) is 2.80. The topological polar surface area (TPSA) is 109 Å². The van der Waals surface area contributed by atoms with E-state index in [1.54, 1.807) is 54.9 Å². The van der Waals surface area contributed by atoms with E-state index in [0.29, 0.717) is 17.2 Å². The van der Waals surface area contributed by atoms with Crippen molar-refractivity contribution in [2.45, 2.75) is 30.8 Å². The number of benzene rings is 2. The number of sulfone groups is 1. The number of hydrogen-bond acceptors (Lipinski definition) is 5. The van der Waals surface area contributed by atoms with Gasteiger partial charge in [-0.05, 0) is 49.2 Å². The normalized spacial score (nSPS) is 12.1. The second-order valence-corrected chi connectivity index (χ2v) is 9.40. The monoisotopic (exact) mass is 414 g/mol. The van der Waals surface area contributed by atoms with Crippen LogP contribution >= 0.6 is 0 Å². The predicted molar refractivity (Wildman–Crippen MR) is 109 cm³/mol. The summed E-state index contributed by atoms with van der Waals surface area (Å²) >= 11 is 0. The average Bonchev–Trinajstić information content (AvgIpc) is 3.05. The molecule has 8 heteroatoms. The minimum absolute atomic E-state index is 0.243. The summed E-state index contributed by atoms with van der Waals surface area (Å²) in [6, 6.07) is 13.9. The van der Waals surface area contributed by atoms with Crippen molar-refractivity contribution < 1.29 is 23.4 Å². The number of carbonyl (C=O) groups is 1. The van der Waals surface area contributed by atoms with Gasteiger partial charge in [-0.1, -0.05) is 24.3 Å². The standard InChI is InChI=1S/C21H22N2O5S/c1-21(2,26)18-13-23(19(22-18)12-20(24)25)16-9-7-14(8-10-16)15-5-4-6-17(11-15)29(3,27)28/h4-11,13,26H,12H2,1-3H3,(H,24,25). The fourth-order valence-electron chi connectivity index (χ4n) is 2.92. The Morgan fingerprint density at radius 2 is 1.76 bits per heavy atom. The Kier molecular flexibility index (Phi) is 5.34. The molecule has 7 nitrogen and oxygen atoms in total. The molecule has 1 aromatic heterocycles. The SMILES string of the molecule is CC(C)(O)c1cn(-c2ccc(-c3cccc(S(C)(=O)=O)c3)cc2)c(CC(=O)O)n1. The Bertz CT molecular complexity index is 1160. The highest BCUT2D eigenvalue weighted by Crippen LogP contribution is 2.26. The van der Waals surface area contributed by atoms with Gasteiger partial charge in [-0.25, -0.2) is 13.4 Å². The third-order valence-corrected chi connectivity index (χ3v) is 5.57. The minimum atomic E-state index is -3.30. The fraction of sp³-hybridized carbons (Fsp3) is 0.238. The molecule has 0 amide bonds. The molecule has 0 spiro atoms. The molecule has 3 aromatic rings. The molecule has 0 radical (unpaired) electrons. The Hall–Kier alpha value is -2.97. The average molecular weight is 414 g/mol. The molecule has 2 N–H and O–H groups in total. The number of nitrogens with zero attached hydrogens (tertiary/aromatic N) is 2. The van der Waals surface area contributed by atoms with Crippen LogP contribution in [-0.2, 0) is 26.7 Å². The number of carboxylic acid groups (broad SMARTS) is 1. The first-order chi connectivity index (χ1) is 13.4. The molecule has 0 saturated carbocycles. The van der Waals surface area contributed by atoms with Gasteiger partial charge >= 0.3 is 5.97 Å². The summed E-state index contributed by atoms with van der Waals surface area (Å²) < 4.78 is 25.2. The Labute approximate surface area is 169 Å². The molecule has 0 aliphatic heterocycles. The first-order valence-electron chi connectivity index (χ1n) is 8.89. The van der Waals surface area contributed by atoms with Crippen molar-refractivity contribution in [2.75, 3.05) is 6.26 Å². The van der Waals surface area contributed by atoms with Gasteiger partial charge in [0.1, 0.15) is 17.8 Å². The zero-order chi connectivity index (χ0) is 21.4. The molecular weight excluding hydrogens is 392 g/mol. The van der Waals surface area contributed by atoms with Crippen molar-refractivity contribution in [1.29, 1.82) is 0 Å². The molecule has 0 saturated heterocycles. The van der Waals surface area contributed by atoms with Crippen LogP contribution in [0.2, 0.25) is 0 Å². The lowest BCUT2D eigenvalue weighted by molar-refractivity contribution is -0.136. The summed E-state index contributed by atoms with van der Waals surface area (Å²) in [6.45, 7) is 3.17. The van der Waals surface area contributed by atoms with Crippen LogP contribution in [0.15, 0.2) is 59.6 Å². The van der Waals surface area contributed by atoms with E-state index >= 15 is 0 Å². The maximum Gasteiger partial charge on any atom is 0.311 e. The maximum absolute atomic E-state index is 11.8. The number of aromatic nitrogens is 2. The van der Waals surface area contributed by atoms with Crippen LogP contribution in [0.4, 0.5) is 0 Å². The molecule has 0 fully saturated rings. The van der Waals surface area contributed by atoms with E-state index in [0.717, 1.165) is 11.1 Å². The van der Waals surface area contributed by atoms with Crippen molar-refractivity contribution >= 4 is 15.8 Å². The molecule has 0 aliphatic carbocycles. The Morgan fingerprint density at radius 3 is 2.31 bits per heavy atom. The molecule has 0 bridgehead atoms. The first-order valence-corrected chi connectivity index (χ1v) is 10.8. The minimum Gasteiger partial charge on any atom is -0.481 e. The molecule has 1 heterocycles. The zero-order valence-electron chi connectivity index (χ0n) is 16.3. The van der Waals surface area contributed by atoms with Crippen molar-refractivity contribution in [1.82, 2.24) is 9.55 Å². The largest absolute Gasteiger partial charge is 0.481 e. The highest BCUT2D eigenvalue weighted by molar-refractivity contribution is 7.90. The summed E-state index contributed by atoms with van der Waals surface area (Å²) in [5.41, 5.74) is 1.44. The van der Waals surface area contributed by atoms with E-state index < -0.39 is 21.4 Å². The van der Waals surface area contributed by atoms with Crippen molar-refractivity contribution in [3.63, 3.8) is 0 Å². The van der Waals surface area contributed by atoms with Crippen LogP contribution in [0.1, 0.15) is 25.4 Å². The van der Waals surface area contributed by atoms with Gasteiger partial charge in [0, 0.05) is 18.1 Å². The van der Waals surface area contributed by atoms with Gasteiger partial charge in [0.15, 0.2) is 9.84 Å². The molecular formula is C21H22N2O5S. The van der Waals surface area contributed by atoms with Gasteiger partial charge in [0.25, 0.3) is 0 Å². The molecule has 2 aromatic carbocycles. The van der Waals surface area contributed by atoms with Crippen molar-refractivity contribution in [3.05, 3.63) is 66.2 Å². The molecule has 0 unspecified atom stereocenters. The highest BCUT2D eigenvalue weighted by atomic mass is 32.2. The number of rotatable bonds is 6. The smallest absolute Gasteiger partial charge is 0.311 e. The summed E-state index contributed by atoms with van der Waals surface area (Å²) in [4.78, 5) is 15.7. The van der Waals surface area contributed by atoms with Crippen molar-refractivity contribution in [2.24, 2.45) is 0 Å². The van der Waals surface area contributed by atoms with E-state index in [9.17, 15) is 18.3 Å². The first kappa shape index (κ1) is 20.8. The third-order valence-electron chi connectivity index (χ3n) is 4.46. The van der Waals surface area contributed by atoms with Crippen LogP contribution in [-0.4, -0.2) is 40.4 Å². The zero-order valence-corrected chi connectivity index (χ0v) is 17.1. The Morgan fingerprint density at radius 1 is 1.10 bits per heavy atom. The maximum atomic E-state index is 11.8. The molecule has 29 heavy (non-hydrogen) atoms. The fourth-order valence-corrected chi connectivity index (χ4v) is 3.58. The van der Waals surface area contributed by atoms with Gasteiger partial charge in [-0.2, -0.15) is 0 Å². The van der Waals surface area contributed by atoms with Gasteiger partial charge < -0.3 is 14.8 Å². The molecule has 0 atom stereocenters.